The van der Waals surface area contributed by atoms with Crippen LogP contribution in [0, 0.1) is 23.5 Å². The molecule has 0 saturated carbocycles. The Morgan fingerprint density at radius 3 is 1.48 bits per heavy atom. The third-order valence-electron chi connectivity index (χ3n) is 7.58. The van der Waals surface area contributed by atoms with Gasteiger partial charge < -0.3 is 30.6 Å². The van der Waals surface area contributed by atoms with Gasteiger partial charge in [0.2, 0.25) is 0 Å². The lowest BCUT2D eigenvalue weighted by molar-refractivity contribution is -0.149. The largest absolute Gasteiger partial charge is 0.394 e. The van der Waals surface area contributed by atoms with Crippen molar-refractivity contribution >= 4 is 0 Å². The second-order valence-electron chi connectivity index (χ2n) is 13.3. The molecular weight excluding hydrogens is 518 g/mol. The fraction of sp³-hybridized carbons (Fsp3) is 0.625. The standard InChI is InChI=1S/C32H48F2O6/c1-18(12-19-8-10-22(24(33)15-19)31(2,3)4)13-21(27(37)29(39)30(40)28(38)26(36)17-35)14-20-9-11-23(25(34)16-20)32(5,6)7/h8-11,15-16,18,21,26-30,35-40H,12-14,17H2,1-7H3/t18?,21?,26-,27?,28+,29+,30-/m0/s1. The van der Waals surface area contributed by atoms with Crippen LogP contribution in [0.15, 0.2) is 36.4 Å². The van der Waals surface area contributed by atoms with E-state index in [1.54, 1.807) is 18.2 Å². The van der Waals surface area contributed by atoms with Crippen molar-refractivity contribution in [3.63, 3.8) is 0 Å². The molecule has 8 heteroatoms. The van der Waals surface area contributed by atoms with Gasteiger partial charge in [0, 0.05) is 0 Å². The molecule has 2 aromatic rings. The Hall–Kier alpha value is -1.94. The summed E-state index contributed by atoms with van der Waals surface area (Å²) in [5.41, 5.74) is 1.76. The van der Waals surface area contributed by atoms with Gasteiger partial charge in [-0.05, 0) is 76.3 Å². The minimum atomic E-state index is -1.94. The summed E-state index contributed by atoms with van der Waals surface area (Å²) in [4.78, 5) is 0. The van der Waals surface area contributed by atoms with E-state index in [0.29, 0.717) is 29.5 Å². The van der Waals surface area contributed by atoms with Crippen molar-refractivity contribution in [3.05, 3.63) is 70.3 Å². The minimum absolute atomic E-state index is 0.101. The maximum Gasteiger partial charge on any atom is 0.127 e. The van der Waals surface area contributed by atoms with Crippen LogP contribution in [0.1, 0.15) is 77.1 Å². The van der Waals surface area contributed by atoms with E-state index in [1.807, 2.05) is 54.5 Å². The Morgan fingerprint density at radius 1 is 0.650 bits per heavy atom. The maximum atomic E-state index is 15.0. The first-order valence-electron chi connectivity index (χ1n) is 14.0. The number of hydrogen-bond donors (Lipinski definition) is 6. The Labute approximate surface area is 237 Å². The summed E-state index contributed by atoms with van der Waals surface area (Å²) in [7, 11) is 0. The predicted octanol–water partition coefficient (Wildman–Crippen LogP) is 3.78. The quantitative estimate of drug-likeness (QED) is 0.233. The molecule has 0 aliphatic heterocycles. The Bertz CT molecular complexity index is 1090. The molecule has 0 aromatic heterocycles. The Morgan fingerprint density at radius 2 is 1.07 bits per heavy atom. The van der Waals surface area contributed by atoms with Crippen LogP contribution in [0.3, 0.4) is 0 Å². The van der Waals surface area contributed by atoms with Crippen molar-refractivity contribution in [2.24, 2.45) is 11.8 Å². The third kappa shape index (κ3) is 9.03. The molecule has 6 N–H and O–H groups in total. The van der Waals surface area contributed by atoms with Crippen LogP contribution in [0.4, 0.5) is 8.78 Å². The van der Waals surface area contributed by atoms with Crippen LogP contribution < -0.4 is 0 Å². The first-order valence-corrected chi connectivity index (χ1v) is 14.0. The molecule has 0 fully saturated rings. The minimum Gasteiger partial charge on any atom is -0.394 e. The summed E-state index contributed by atoms with van der Waals surface area (Å²) in [5, 5.41) is 61.1. The molecule has 2 rings (SSSR count). The topological polar surface area (TPSA) is 121 Å². The number of rotatable bonds is 12. The second-order valence-corrected chi connectivity index (χ2v) is 13.3. The van der Waals surface area contributed by atoms with Crippen molar-refractivity contribution in [3.8, 4) is 0 Å². The van der Waals surface area contributed by atoms with E-state index in [2.05, 4.69) is 0 Å². The second kappa shape index (κ2) is 13.8. The first kappa shape index (κ1) is 34.3. The van der Waals surface area contributed by atoms with E-state index < -0.39 is 48.5 Å². The van der Waals surface area contributed by atoms with E-state index >= 15 is 0 Å². The summed E-state index contributed by atoms with van der Waals surface area (Å²) < 4.78 is 29.7. The molecule has 0 bridgehead atoms. The monoisotopic (exact) mass is 566 g/mol. The van der Waals surface area contributed by atoms with Crippen molar-refractivity contribution in [1.82, 2.24) is 0 Å². The van der Waals surface area contributed by atoms with Crippen LogP contribution >= 0.6 is 0 Å². The number of aliphatic hydroxyl groups excluding tert-OH is 6. The average Bonchev–Trinajstić information content (AvgIpc) is 2.84. The van der Waals surface area contributed by atoms with E-state index in [9.17, 15) is 34.3 Å². The average molecular weight is 567 g/mol. The fourth-order valence-electron chi connectivity index (χ4n) is 5.25. The number of hydrogen-bond acceptors (Lipinski definition) is 6. The highest BCUT2D eigenvalue weighted by molar-refractivity contribution is 5.31. The van der Waals surface area contributed by atoms with E-state index in [1.165, 1.54) is 12.1 Å². The summed E-state index contributed by atoms with van der Waals surface area (Å²) in [6, 6.07) is 10.0. The van der Waals surface area contributed by atoms with Gasteiger partial charge in [-0.2, -0.15) is 0 Å². The van der Waals surface area contributed by atoms with Crippen molar-refractivity contribution in [1.29, 1.82) is 0 Å². The van der Waals surface area contributed by atoms with Gasteiger partial charge in [-0.15, -0.1) is 0 Å². The lowest BCUT2D eigenvalue weighted by Gasteiger charge is -2.34. The zero-order valence-electron chi connectivity index (χ0n) is 24.8. The van der Waals surface area contributed by atoms with Crippen molar-refractivity contribution in [2.75, 3.05) is 6.61 Å². The molecule has 2 aromatic carbocycles. The van der Waals surface area contributed by atoms with Gasteiger partial charge in [0.1, 0.15) is 36.1 Å². The molecule has 7 atom stereocenters. The van der Waals surface area contributed by atoms with Crippen LogP contribution in [0.25, 0.3) is 0 Å². The third-order valence-corrected chi connectivity index (χ3v) is 7.58. The molecule has 3 unspecified atom stereocenters. The summed E-state index contributed by atoms with van der Waals surface area (Å²) >= 11 is 0. The first-order chi connectivity index (χ1) is 18.4. The van der Waals surface area contributed by atoms with Crippen LogP contribution in [-0.2, 0) is 23.7 Å². The molecule has 0 radical (unpaired) electrons. The zero-order chi connectivity index (χ0) is 30.6. The lowest BCUT2D eigenvalue weighted by Crippen LogP contribution is -2.52. The Kier molecular flexibility index (Phi) is 11.8. The molecule has 0 heterocycles. The number of halogens is 2. The van der Waals surface area contributed by atoms with Gasteiger partial charge >= 0.3 is 0 Å². The van der Waals surface area contributed by atoms with Gasteiger partial charge in [0.05, 0.1) is 12.7 Å². The molecule has 0 aliphatic carbocycles. The van der Waals surface area contributed by atoms with Crippen LogP contribution in [0.5, 0.6) is 0 Å². The summed E-state index contributed by atoms with van der Waals surface area (Å²) in [6.07, 6.45) is -7.97. The highest BCUT2D eigenvalue weighted by Crippen LogP contribution is 2.31. The van der Waals surface area contributed by atoms with E-state index in [4.69, 9.17) is 5.11 Å². The molecule has 226 valence electrons. The van der Waals surface area contributed by atoms with Gasteiger partial charge in [-0.3, -0.25) is 0 Å². The normalized spacial score (nSPS) is 18.1. The number of aliphatic hydroxyl groups is 6. The zero-order valence-corrected chi connectivity index (χ0v) is 24.8. The molecule has 0 saturated heterocycles. The lowest BCUT2D eigenvalue weighted by atomic mass is 9.79. The molecule has 6 nitrogen and oxygen atoms in total. The Balaban J connectivity index is 2.32. The molecular formula is C32H48F2O6. The van der Waals surface area contributed by atoms with Crippen LogP contribution in [0.2, 0.25) is 0 Å². The van der Waals surface area contributed by atoms with Gasteiger partial charge in [0.15, 0.2) is 0 Å². The fourth-order valence-corrected chi connectivity index (χ4v) is 5.25. The summed E-state index contributed by atoms with van der Waals surface area (Å²) in [6.45, 7) is 12.6. The van der Waals surface area contributed by atoms with E-state index in [0.717, 1.165) is 5.56 Å². The molecule has 40 heavy (non-hydrogen) atoms. The SMILES string of the molecule is CC(Cc1ccc(C(C)(C)C)c(F)c1)CC(Cc1ccc(C(C)(C)C)c(F)c1)C(O)[C@@H](O)[C@@H](O)[C@H](O)[C@@H](O)CO. The van der Waals surface area contributed by atoms with E-state index in [-0.39, 0.29) is 29.4 Å². The highest BCUT2D eigenvalue weighted by Gasteiger charge is 2.38. The molecule has 0 spiro atoms. The van der Waals surface area contributed by atoms with Gasteiger partial charge in [0.25, 0.3) is 0 Å². The predicted molar refractivity (Wildman–Crippen MR) is 152 cm³/mol. The number of benzene rings is 2. The van der Waals surface area contributed by atoms with Crippen molar-refractivity contribution in [2.45, 2.75) is 109 Å². The molecule has 0 amide bonds. The van der Waals surface area contributed by atoms with Gasteiger partial charge in [-0.1, -0.05) is 72.7 Å². The van der Waals surface area contributed by atoms with Crippen molar-refractivity contribution < 1.29 is 39.4 Å². The molecule has 0 aliphatic rings. The maximum absolute atomic E-state index is 15.0. The van der Waals surface area contributed by atoms with Crippen LogP contribution in [-0.4, -0.2) is 67.8 Å². The summed E-state index contributed by atoms with van der Waals surface area (Å²) in [5.74, 6) is -1.46. The van der Waals surface area contributed by atoms with Gasteiger partial charge in [-0.25, -0.2) is 8.78 Å². The smallest absolute Gasteiger partial charge is 0.127 e. The highest BCUT2D eigenvalue weighted by atomic mass is 19.1.